The van der Waals surface area contributed by atoms with E-state index in [-0.39, 0.29) is 24.2 Å². The van der Waals surface area contributed by atoms with Crippen molar-refractivity contribution in [2.75, 3.05) is 19.0 Å². The molecule has 8 heteroatoms. The molecule has 0 bridgehead atoms. The van der Waals surface area contributed by atoms with Gasteiger partial charge in [-0.1, -0.05) is 12.1 Å². The Morgan fingerprint density at radius 3 is 2.52 bits per heavy atom. The summed E-state index contributed by atoms with van der Waals surface area (Å²) in [6.45, 7) is 0. The number of benzene rings is 1. The van der Waals surface area contributed by atoms with Gasteiger partial charge in [0.25, 0.3) is 5.91 Å². The van der Waals surface area contributed by atoms with Gasteiger partial charge in [0.15, 0.2) is 11.4 Å². The molecular formula is C21H22N2O6. The standard InChI is InChI=1S/C21H22N2O6/c1-23(2)13-5-3-4-11-12(13)7-9-6-10-8-14(24)16(20(22)28)19(27)21(10,29)18(26)15(9)17(11)25/h3-5,9-10,25,27,29H,6-8H2,1-2H3,(H2,22,28)/t9?,10?,21-/m0/s1. The van der Waals surface area contributed by atoms with Gasteiger partial charge in [0, 0.05) is 43.3 Å². The van der Waals surface area contributed by atoms with E-state index in [2.05, 4.69) is 0 Å². The summed E-state index contributed by atoms with van der Waals surface area (Å²) >= 11 is 0. The van der Waals surface area contributed by atoms with Crippen molar-refractivity contribution in [1.82, 2.24) is 0 Å². The maximum Gasteiger partial charge on any atom is 0.255 e. The van der Waals surface area contributed by atoms with Crippen LogP contribution in [0.4, 0.5) is 5.69 Å². The number of aliphatic hydroxyl groups excluding tert-OH is 2. The average Bonchev–Trinajstić information content (AvgIpc) is 2.64. The number of nitrogens with zero attached hydrogens (tertiary/aromatic N) is 1. The number of aliphatic hydroxyl groups is 3. The Morgan fingerprint density at radius 1 is 1.21 bits per heavy atom. The van der Waals surface area contributed by atoms with Gasteiger partial charge in [-0.2, -0.15) is 0 Å². The number of rotatable bonds is 2. The zero-order chi connectivity index (χ0) is 21.2. The van der Waals surface area contributed by atoms with Gasteiger partial charge >= 0.3 is 0 Å². The molecule has 0 saturated heterocycles. The van der Waals surface area contributed by atoms with Gasteiger partial charge < -0.3 is 26.0 Å². The van der Waals surface area contributed by atoms with Crippen molar-refractivity contribution in [3.05, 3.63) is 46.2 Å². The number of anilines is 1. The first-order valence-corrected chi connectivity index (χ1v) is 9.35. The first-order chi connectivity index (χ1) is 13.6. The summed E-state index contributed by atoms with van der Waals surface area (Å²) in [4.78, 5) is 39.1. The quantitative estimate of drug-likeness (QED) is 0.540. The Hall–Kier alpha value is -3.13. The molecule has 0 aliphatic heterocycles. The lowest BCUT2D eigenvalue weighted by molar-refractivity contribution is -0.147. The highest BCUT2D eigenvalue weighted by atomic mass is 16.3. The second kappa shape index (κ2) is 6.18. The van der Waals surface area contributed by atoms with Crippen molar-refractivity contribution in [1.29, 1.82) is 0 Å². The minimum atomic E-state index is -2.45. The highest BCUT2D eigenvalue weighted by Crippen LogP contribution is 2.51. The molecule has 4 rings (SSSR count). The molecule has 1 aromatic rings. The van der Waals surface area contributed by atoms with Gasteiger partial charge in [0.1, 0.15) is 17.1 Å². The number of ketones is 2. The Balaban J connectivity index is 1.91. The highest BCUT2D eigenvalue weighted by molar-refractivity contribution is 6.22. The fourth-order valence-corrected chi connectivity index (χ4v) is 4.95. The third-order valence-electron chi connectivity index (χ3n) is 6.31. The fourth-order valence-electron chi connectivity index (χ4n) is 4.95. The lowest BCUT2D eigenvalue weighted by Crippen LogP contribution is -2.58. The number of Topliss-reactive ketones (excluding diaryl/α,β-unsaturated/α-hetero) is 2. The zero-order valence-corrected chi connectivity index (χ0v) is 16.1. The molecule has 1 fully saturated rings. The molecule has 0 heterocycles. The molecule has 0 spiro atoms. The number of hydrogen-bond donors (Lipinski definition) is 4. The summed E-state index contributed by atoms with van der Waals surface area (Å²) in [5.41, 5.74) is 4.26. The molecule has 3 aliphatic carbocycles. The van der Waals surface area contributed by atoms with Crippen LogP contribution in [0.3, 0.4) is 0 Å². The monoisotopic (exact) mass is 398 g/mol. The Bertz CT molecular complexity index is 1040. The van der Waals surface area contributed by atoms with Crippen LogP contribution in [0.2, 0.25) is 0 Å². The topological polar surface area (TPSA) is 141 Å². The van der Waals surface area contributed by atoms with Gasteiger partial charge in [-0.05, 0) is 30.4 Å². The van der Waals surface area contributed by atoms with Crippen molar-refractivity contribution in [2.24, 2.45) is 17.6 Å². The third-order valence-corrected chi connectivity index (χ3v) is 6.31. The van der Waals surface area contributed by atoms with E-state index in [1.54, 1.807) is 12.1 Å². The number of carbonyl (C=O) groups excluding carboxylic acids is 3. The van der Waals surface area contributed by atoms with Crippen LogP contribution in [0.25, 0.3) is 5.76 Å². The average molecular weight is 398 g/mol. The van der Waals surface area contributed by atoms with Gasteiger partial charge in [-0.25, -0.2) is 0 Å². The first-order valence-electron chi connectivity index (χ1n) is 9.35. The van der Waals surface area contributed by atoms with Gasteiger partial charge in [-0.3, -0.25) is 14.4 Å². The SMILES string of the molecule is CN(C)c1cccc2c1CC1CC3CC(=O)C(C(N)=O)=C(O)[C@@]3(O)C(=O)C1=C2O. The molecule has 5 N–H and O–H groups in total. The van der Waals surface area contributed by atoms with Crippen molar-refractivity contribution in [2.45, 2.75) is 24.9 Å². The van der Waals surface area contributed by atoms with Crippen molar-refractivity contribution < 1.29 is 29.7 Å². The molecule has 0 radical (unpaired) electrons. The van der Waals surface area contributed by atoms with E-state index in [4.69, 9.17) is 5.73 Å². The van der Waals surface area contributed by atoms with Crippen molar-refractivity contribution >= 4 is 28.9 Å². The molecule has 1 aromatic carbocycles. The van der Waals surface area contributed by atoms with Crippen molar-refractivity contribution in [3.8, 4) is 0 Å². The summed E-state index contributed by atoms with van der Waals surface area (Å²) in [5.74, 6) is -5.36. The molecule has 2 unspecified atom stereocenters. The predicted molar refractivity (Wildman–Crippen MR) is 104 cm³/mol. The van der Waals surface area contributed by atoms with Crippen LogP contribution in [-0.4, -0.2) is 52.5 Å². The summed E-state index contributed by atoms with van der Waals surface area (Å²) in [6, 6.07) is 5.37. The molecular weight excluding hydrogens is 376 g/mol. The lowest BCUT2D eigenvalue weighted by atomic mass is 9.59. The van der Waals surface area contributed by atoms with Crippen LogP contribution in [0, 0.1) is 11.8 Å². The number of fused-ring (bicyclic) bond motifs is 3. The van der Waals surface area contributed by atoms with E-state index in [1.807, 2.05) is 25.1 Å². The molecule has 1 amide bonds. The van der Waals surface area contributed by atoms with E-state index in [0.717, 1.165) is 11.3 Å². The normalized spacial score (nSPS) is 28.7. The van der Waals surface area contributed by atoms with E-state index >= 15 is 0 Å². The van der Waals surface area contributed by atoms with E-state index < -0.39 is 46.2 Å². The summed E-state index contributed by atoms with van der Waals surface area (Å²) in [6.07, 6.45) is 0.366. The summed E-state index contributed by atoms with van der Waals surface area (Å²) in [5, 5.41) is 32.6. The number of carbonyl (C=O) groups is 3. The number of primary amides is 1. The van der Waals surface area contributed by atoms with Gasteiger partial charge in [0.2, 0.25) is 5.78 Å². The van der Waals surface area contributed by atoms with E-state index in [9.17, 15) is 29.7 Å². The minimum absolute atomic E-state index is 0.0110. The van der Waals surface area contributed by atoms with Crippen LogP contribution in [0.1, 0.15) is 24.0 Å². The Kier molecular flexibility index (Phi) is 4.09. The zero-order valence-electron chi connectivity index (χ0n) is 16.1. The second-order valence-corrected chi connectivity index (χ2v) is 8.10. The molecule has 3 aliphatic rings. The van der Waals surface area contributed by atoms with Crippen LogP contribution >= 0.6 is 0 Å². The lowest BCUT2D eigenvalue weighted by Gasteiger charge is -2.46. The third kappa shape index (κ3) is 2.45. The molecule has 152 valence electrons. The number of hydrogen-bond acceptors (Lipinski definition) is 7. The molecule has 0 aromatic heterocycles. The number of nitrogens with two attached hydrogens (primary N) is 1. The van der Waals surface area contributed by atoms with Gasteiger partial charge in [0.05, 0.1) is 0 Å². The summed E-state index contributed by atoms with van der Waals surface area (Å²) < 4.78 is 0. The minimum Gasteiger partial charge on any atom is -0.508 e. The van der Waals surface area contributed by atoms with Crippen molar-refractivity contribution in [3.63, 3.8) is 0 Å². The van der Waals surface area contributed by atoms with E-state index in [1.165, 1.54) is 0 Å². The predicted octanol–water partition coefficient (Wildman–Crippen LogP) is 0.784. The number of amides is 1. The molecule has 29 heavy (non-hydrogen) atoms. The maximum atomic E-state index is 13.3. The van der Waals surface area contributed by atoms with Crippen LogP contribution in [0.15, 0.2) is 35.1 Å². The smallest absolute Gasteiger partial charge is 0.255 e. The fraction of sp³-hybridized carbons (Fsp3) is 0.381. The largest absolute Gasteiger partial charge is 0.508 e. The van der Waals surface area contributed by atoms with E-state index in [0.29, 0.717) is 12.0 Å². The first kappa shape index (κ1) is 19.2. The van der Waals surface area contributed by atoms with Gasteiger partial charge in [-0.15, -0.1) is 0 Å². The Morgan fingerprint density at radius 2 is 1.90 bits per heavy atom. The highest BCUT2D eigenvalue weighted by Gasteiger charge is 2.60. The summed E-state index contributed by atoms with van der Waals surface area (Å²) in [7, 11) is 3.76. The van der Waals surface area contributed by atoms with Crippen LogP contribution < -0.4 is 10.6 Å². The molecule has 8 nitrogen and oxygen atoms in total. The maximum absolute atomic E-state index is 13.3. The second-order valence-electron chi connectivity index (χ2n) is 8.10. The Labute approximate surface area is 166 Å². The molecule has 3 atom stereocenters. The van der Waals surface area contributed by atoms with Crippen LogP contribution in [0.5, 0.6) is 0 Å². The molecule has 1 saturated carbocycles. The van der Waals surface area contributed by atoms with Crippen LogP contribution in [-0.2, 0) is 20.8 Å².